The van der Waals surface area contributed by atoms with E-state index in [9.17, 15) is 28.9 Å². The van der Waals surface area contributed by atoms with Crippen LogP contribution >= 0.6 is 0 Å². The van der Waals surface area contributed by atoms with Crippen LogP contribution in [0.2, 0.25) is 0 Å². The second-order valence-electron chi connectivity index (χ2n) is 6.68. The van der Waals surface area contributed by atoms with Gasteiger partial charge >= 0.3 is 11.9 Å². The second kappa shape index (κ2) is 7.74. The lowest BCUT2D eigenvalue weighted by molar-refractivity contribution is -0.384. The number of ether oxygens (including phenoxy) is 2. The van der Waals surface area contributed by atoms with Crippen LogP contribution in [0.1, 0.15) is 29.8 Å². The van der Waals surface area contributed by atoms with Gasteiger partial charge in [-0.05, 0) is 18.2 Å². The van der Waals surface area contributed by atoms with E-state index < -0.39 is 45.5 Å². The summed E-state index contributed by atoms with van der Waals surface area (Å²) in [5.74, 6) is -4.96. The van der Waals surface area contributed by atoms with E-state index in [1.165, 1.54) is 38.1 Å². The number of halogens is 1. The molecule has 0 amide bonds. The molecule has 1 aliphatic heterocycles. The maximum absolute atomic E-state index is 14.1. The fraction of sp³-hybridized carbons (Fsp3) is 0.150. The number of nitro benzene ring substituents is 1. The van der Waals surface area contributed by atoms with E-state index in [0.717, 1.165) is 24.4 Å². The van der Waals surface area contributed by atoms with Crippen molar-refractivity contribution in [2.45, 2.75) is 19.6 Å². The zero-order chi connectivity index (χ0) is 22.1. The van der Waals surface area contributed by atoms with Crippen LogP contribution < -0.4 is 5.32 Å². The minimum atomic E-state index is -1.43. The summed E-state index contributed by atoms with van der Waals surface area (Å²) in [6.45, 7) is 2.77. The van der Waals surface area contributed by atoms with Crippen molar-refractivity contribution in [3.05, 3.63) is 81.3 Å². The molecule has 1 N–H and O–H groups in total. The number of benzene rings is 2. The summed E-state index contributed by atoms with van der Waals surface area (Å²) in [6, 6.07) is 8.43. The van der Waals surface area contributed by atoms with Crippen LogP contribution in [0.4, 0.5) is 15.8 Å². The Morgan fingerprint density at radius 1 is 1.10 bits per heavy atom. The van der Waals surface area contributed by atoms with Gasteiger partial charge in [-0.25, -0.2) is 14.0 Å². The van der Waals surface area contributed by atoms with Gasteiger partial charge in [0, 0.05) is 37.9 Å². The molecule has 3 rings (SSSR count). The van der Waals surface area contributed by atoms with Gasteiger partial charge in [-0.1, -0.05) is 12.1 Å². The van der Waals surface area contributed by atoms with Gasteiger partial charge in [-0.2, -0.15) is 0 Å². The first-order valence-corrected chi connectivity index (χ1v) is 8.60. The summed E-state index contributed by atoms with van der Waals surface area (Å²) in [5.41, 5.74) is -1.40. The van der Waals surface area contributed by atoms with Crippen LogP contribution in [-0.4, -0.2) is 28.4 Å². The van der Waals surface area contributed by atoms with Gasteiger partial charge in [-0.3, -0.25) is 14.9 Å². The topological polar surface area (TPSA) is 125 Å². The molecule has 1 aliphatic rings. The highest BCUT2D eigenvalue weighted by molar-refractivity contribution is 6.16. The van der Waals surface area contributed by atoms with E-state index in [-0.39, 0.29) is 16.8 Å². The Hall–Kier alpha value is -4.08. The molecule has 0 atom stereocenters. The predicted octanol–water partition coefficient (Wildman–Crippen LogP) is 3.10. The Bertz CT molecular complexity index is 1090. The number of hydrogen-bond acceptors (Lipinski definition) is 8. The van der Waals surface area contributed by atoms with Gasteiger partial charge in [0.05, 0.1) is 16.1 Å². The molecule has 0 unspecified atom stereocenters. The van der Waals surface area contributed by atoms with Gasteiger partial charge < -0.3 is 14.8 Å². The first kappa shape index (κ1) is 20.6. The lowest BCUT2D eigenvalue weighted by Gasteiger charge is -2.29. The SMILES string of the molecule is CC1(C)OC(=O)C(=CNc2ccc([N+](=O)[O-])cc2C(=O)c2ccccc2F)C(=O)O1. The molecule has 0 bridgehead atoms. The van der Waals surface area contributed by atoms with Crippen molar-refractivity contribution in [1.82, 2.24) is 0 Å². The number of nitro groups is 1. The Balaban J connectivity index is 2.00. The number of anilines is 1. The normalized spacial score (nSPS) is 15.1. The van der Waals surface area contributed by atoms with E-state index in [1.54, 1.807) is 0 Å². The fourth-order valence-electron chi connectivity index (χ4n) is 2.68. The van der Waals surface area contributed by atoms with Gasteiger partial charge in [0.1, 0.15) is 5.82 Å². The standard InChI is InChI=1S/C20H15FN2O7/c1-20(2)29-18(25)14(19(26)30-20)10-22-16-8-7-11(23(27)28)9-13(16)17(24)12-5-3-4-6-15(12)21/h3-10,22H,1-2H3. The number of ketones is 1. The van der Waals surface area contributed by atoms with Gasteiger partial charge in [0.15, 0.2) is 11.4 Å². The van der Waals surface area contributed by atoms with Crippen LogP contribution in [0.15, 0.2) is 54.2 Å². The summed E-state index contributed by atoms with van der Waals surface area (Å²) in [6.07, 6.45) is 0.958. The fourth-order valence-corrected chi connectivity index (χ4v) is 2.68. The zero-order valence-electron chi connectivity index (χ0n) is 15.8. The van der Waals surface area contributed by atoms with Gasteiger partial charge in [0.25, 0.3) is 11.5 Å². The molecule has 9 nitrogen and oxygen atoms in total. The number of nitrogens with zero attached hydrogens (tertiary/aromatic N) is 1. The average Bonchev–Trinajstić information content (AvgIpc) is 2.66. The summed E-state index contributed by atoms with van der Waals surface area (Å²) in [4.78, 5) is 47.3. The molecule has 0 aromatic heterocycles. The molecule has 0 spiro atoms. The van der Waals surface area contributed by atoms with Crippen LogP contribution in [-0.2, 0) is 19.1 Å². The summed E-state index contributed by atoms with van der Waals surface area (Å²) in [5, 5.41) is 13.7. The Morgan fingerprint density at radius 2 is 1.73 bits per heavy atom. The zero-order valence-corrected chi connectivity index (χ0v) is 15.8. The largest absolute Gasteiger partial charge is 0.419 e. The minimum Gasteiger partial charge on any atom is -0.419 e. The first-order valence-electron chi connectivity index (χ1n) is 8.60. The van der Waals surface area contributed by atoms with Gasteiger partial charge in [0.2, 0.25) is 0 Å². The van der Waals surface area contributed by atoms with Crippen molar-refractivity contribution in [2.24, 2.45) is 0 Å². The Kier molecular flexibility index (Phi) is 5.33. The Morgan fingerprint density at radius 3 is 2.33 bits per heavy atom. The molecule has 0 aliphatic carbocycles. The molecule has 0 saturated carbocycles. The van der Waals surface area contributed by atoms with Crippen molar-refractivity contribution < 1.29 is 33.2 Å². The quantitative estimate of drug-likeness (QED) is 0.198. The van der Waals surface area contributed by atoms with Crippen LogP contribution in [0.5, 0.6) is 0 Å². The first-order chi connectivity index (χ1) is 14.1. The highest BCUT2D eigenvalue weighted by Gasteiger charge is 2.39. The molecule has 10 heteroatoms. The number of carbonyl (C=O) groups excluding carboxylic acids is 3. The maximum atomic E-state index is 14.1. The van der Waals surface area contributed by atoms with Crippen LogP contribution in [0, 0.1) is 15.9 Å². The molecule has 154 valence electrons. The highest BCUT2D eigenvalue weighted by Crippen LogP contribution is 2.27. The molecule has 2 aromatic carbocycles. The van der Waals surface area contributed by atoms with E-state index >= 15 is 0 Å². The van der Waals surface area contributed by atoms with E-state index in [0.29, 0.717) is 0 Å². The highest BCUT2D eigenvalue weighted by atomic mass is 19.1. The van der Waals surface area contributed by atoms with Crippen LogP contribution in [0.3, 0.4) is 0 Å². The number of non-ortho nitro benzene ring substituents is 1. The second-order valence-corrected chi connectivity index (χ2v) is 6.68. The molecular weight excluding hydrogens is 399 g/mol. The molecule has 2 aromatic rings. The number of rotatable bonds is 5. The van der Waals surface area contributed by atoms with E-state index in [4.69, 9.17) is 9.47 Å². The minimum absolute atomic E-state index is 0.00628. The number of hydrogen-bond donors (Lipinski definition) is 1. The van der Waals surface area contributed by atoms with Crippen molar-refractivity contribution in [3.63, 3.8) is 0 Å². The monoisotopic (exact) mass is 414 g/mol. The average molecular weight is 414 g/mol. The third-order valence-electron chi connectivity index (χ3n) is 4.07. The summed E-state index contributed by atoms with van der Waals surface area (Å²) < 4.78 is 24.0. The van der Waals surface area contributed by atoms with Crippen molar-refractivity contribution >= 4 is 29.1 Å². The van der Waals surface area contributed by atoms with Crippen molar-refractivity contribution in [3.8, 4) is 0 Å². The number of cyclic esters (lactones) is 2. The predicted molar refractivity (Wildman–Crippen MR) is 101 cm³/mol. The van der Waals surface area contributed by atoms with Crippen molar-refractivity contribution in [1.29, 1.82) is 0 Å². The molecule has 1 fully saturated rings. The lowest BCUT2D eigenvalue weighted by Crippen LogP contribution is -2.42. The number of carbonyl (C=O) groups is 3. The molecule has 30 heavy (non-hydrogen) atoms. The molecule has 0 radical (unpaired) electrons. The van der Waals surface area contributed by atoms with Gasteiger partial charge in [-0.15, -0.1) is 0 Å². The molecule has 1 saturated heterocycles. The number of nitrogens with one attached hydrogen (secondary N) is 1. The van der Waals surface area contributed by atoms with Crippen LogP contribution in [0.25, 0.3) is 0 Å². The summed E-state index contributed by atoms with van der Waals surface area (Å²) in [7, 11) is 0. The summed E-state index contributed by atoms with van der Waals surface area (Å²) >= 11 is 0. The Labute approximate surface area is 169 Å². The maximum Gasteiger partial charge on any atom is 0.350 e. The third kappa shape index (κ3) is 4.17. The van der Waals surface area contributed by atoms with Crippen molar-refractivity contribution in [2.75, 3.05) is 5.32 Å². The third-order valence-corrected chi connectivity index (χ3v) is 4.07. The molecular formula is C20H15FN2O7. The van der Waals surface area contributed by atoms with E-state index in [2.05, 4.69) is 5.32 Å². The molecule has 1 heterocycles. The van der Waals surface area contributed by atoms with E-state index in [1.807, 2.05) is 0 Å². The smallest absolute Gasteiger partial charge is 0.350 e. The number of esters is 2. The lowest BCUT2D eigenvalue weighted by atomic mass is 10.0.